The Balaban J connectivity index is 1.95. The Bertz CT molecular complexity index is 793. The topological polar surface area (TPSA) is 76.0 Å². The fourth-order valence-corrected chi connectivity index (χ4v) is 2.19. The molecule has 0 amide bonds. The first-order chi connectivity index (χ1) is 12.5. The van der Waals surface area contributed by atoms with Crippen LogP contribution in [0.3, 0.4) is 0 Å². The predicted molar refractivity (Wildman–Crippen MR) is 101 cm³/mol. The maximum Gasteiger partial charge on any atom is 0.336 e. The summed E-state index contributed by atoms with van der Waals surface area (Å²) in [5.74, 6) is -1.11. The summed E-state index contributed by atoms with van der Waals surface area (Å²) in [7, 11) is 0. The molecule has 0 aromatic heterocycles. The molecule has 5 nitrogen and oxygen atoms in total. The summed E-state index contributed by atoms with van der Waals surface area (Å²) >= 11 is 0. The predicted octanol–water partition coefficient (Wildman–Crippen LogP) is 3.83. The summed E-state index contributed by atoms with van der Waals surface area (Å²) in [6, 6.07) is 15.4. The second-order valence-electron chi connectivity index (χ2n) is 6.04. The molecule has 1 atom stereocenters. The lowest BCUT2D eigenvalue weighted by molar-refractivity contribution is -0.139. The molecule has 1 unspecified atom stereocenters. The Morgan fingerprint density at radius 2 is 1.65 bits per heavy atom. The molecule has 0 saturated heterocycles. The first-order valence-corrected chi connectivity index (χ1v) is 8.26. The van der Waals surface area contributed by atoms with Crippen LogP contribution in [0.4, 0.5) is 0 Å². The van der Waals surface area contributed by atoms with Crippen LogP contribution in [0.25, 0.3) is 6.08 Å². The summed E-state index contributed by atoms with van der Waals surface area (Å²) in [5, 5.41) is 9.12. The van der Waals surface area contributed by atoms with E-state index >= 15 is 0 Å². The number of carbonyl (C=O) groups excluding carboxylic acids is 1. The van der Waals surface area contributed by atoms with E-state index in [9.17, 15) is 9.59 Å². The largest absolute Gasteiger partial charge is 0.480 e. The molecular formula is C21H21NO4. The van der Waals surface area contributed by atoms with E-state index < -0.39 is 18.0 Å². The van der Waals surface area contributed by atoms with Crippen LogP contribution in [0.5, 0.6) is 5.75 Å². The number of esters is 1. The molecular weight excluding hydrogens is 330 g/mol. The van der Waals surface area contributed by atoms with Gasteiger partial charge in [0.2, 0.25) is 0 Å². The van der Waals surface area contributed by atoms with Gasteiger partial charge >= 0.3 is 11.9 Å². The van der Waals surface area contributed by atoms with E-state index in [0.717, 1.165) is 11.1 Å². The molecule has 0 aliphatic carbocycles. The maximum absolute atomic E-state index is 11.8. The zero-order valence-corrected chi connectivity index (χ0v) is 14.7. The van der Waals surface area contributed by atoms with Crippen molar-refractivity contribution in [2.45, 2.75) is 19.9 Å². The van der Waals surface area contributed by atoms with Gasteiger partial charge in [-0.15, -0.1) is 0 Å². The highest BCUT2D eigenvalue weighted by Gasteiger charge is 2.19. The third-order valence-corrected chi connectivity index (χ3v) is 3.58. The van der Waals surface area contributed by atoms with E-state index in [0.29, 0.717) is 5.75 Å². The average Bonchev–Trinajstić information content (AvgIpc) is 2.62. The van der Waals surface area contributed by atoms with Gasteiger partial charge in [0, 0.05) is 12.3 Å². The Morgan fingerprint density at radius 3 is 2.23 bits per heavy atom. The van der Waals surface area contributed by atoms with Crippen molar-refractivity contribution in [3.8, 4) is 5.75 Å². The lowest BCUT2D eigenvalue weighted by Crippen LogP contribution is -2.24. The van der Waals surface area contributed by atoms with Crippen molar-refractivity contribution in [3.05, 3.63) is 71.8 Å². The Kier molecular flexibility index (Phi) is 6.85. The average molecular weight is 351 g/mol. The van der Waals surface area contributed by atoms with Crippen LogP contribution in [-0.2, 0) is 9.59 Å². The zero-order valence-electron chi connectivity index (χ0n) is 14.7. The molecule has 0 spiro atoms. The number of aliphatic carboxylic acids is 1. The number of nitrogens with zero attached hydrogens (tertiary/aromatic N) is 1. The molecule has 134 valence electrons. The zero-order chi connectivity index (χ0) is 18.9. The molecule has 0 fully saturated rings. The quantitative estimate of drug-likeness (QED) is 0.356. The summed E-state index contributed by atoms with van der Waals surface area (Å²) < 4.78 is 5.23. The monoisotopic (exact) mass is 351 g/mol. The molecule has 26 heavy (non-hydrogen) atoms. The maximum atomic E-state index is 11.8. The summed E-state index contributed by atoms with van der Waals surface area (Å²) in [6.45, 7) is 3.61. The van der Waals surface area contributed by atoms with Crippen LogP contribution in [0.2, 0.25) is 0 Å². The van der Waals surface area contributed by atoms with Gasteiger partial charge in [-0.3, -0.25) is 4.99 Å². The van der Waals surface area contributed by atoms with Gasteiger partial charge in [-0.1, -0.05) is 44.2 Å². The summed E-state index contributed by atoms with van der Waals surface area (Å²) in [5.41, 5.74) is 1.64. The van der Waals surface area contributed by atoms with Gasteiger partial charge in [0.15, 0.2) is 0 Å². The second kappa shape index (κ2) is 9.32. The van der Waals surface area contributed by atoms with Crippen LogP contribution in [0.1, 0.15) is 25.0 Å². The Hall–Kier alpha value is -3.21. The van der Waals surface area contributed by atoms with Crippen LogP contribution >= 0.6 is 0 Å². The number of ether oxygens (including phenoxy) is 1. The molecule has 0 aliphatic heterocycles. The highest BCUT2D eigenvalue weighted by atomic mass is 16.5. The van der Waals surface area contributed by atoms with Gasteiger partial charge in [0.1, 0.15) is 11.8 Å². The van der Waals surface area contributed by atoms with Gasteiger partial charge < -0.3 is 9.84 Å². The number of rotatable bonds is 7. The standard InChI is InChI=1S/C21H21NO4/c1-15(2)20(21(24)25)22-14-17-8-11-18(12-9-17)26-19(23)13-10-16-6-4-3-5-7-16/h3-15,20H,1-2H3,(H,24,25)/b13-10+,22-14+. The molecule has 0 aliphatic rings. The third-order valence-electron chi connectivity index (χ3n) is 3.58. The van der Waals surface area contributed by atoms with Gasteiger partial charge in [0.25, 0.3) is 0 Å². The van der Waals surface area contributed by atoms with Crippen molar-refractivity contribution < 1.29 is 19.4 Å². The first kappa shape index (κ1) is 19.1. The molecule has 5 heteroatoms. The summed E-state index contributed by atoms with van der Waals surface area (Å²) in [6.07, 6.45) is 4.56. The van der Waals surface area contributed by atoms with E-state index in [1.807, 2.05) is 44.2 Å². The molecule has 2 rings (SSSR count). The van der Waals surface area contributed by atoms with Crippen LogP contribution in [-0.4, -0.2) is 29.3 Å². The highest BCUT2D eigenvalue weighted by Crippen LogP contribution is 2.13. The van der Waals surface area contributed by atoms with Crippen molar-refractivity contribution in [1.82, 2.24) is 0 Å². The number of aliphatic imine (C=N–C) groups is 1. The van der Waals surface area contributed by atoms with Gasteiger partial charge in [0.05, 0.1) is 0 Å². The van der Waals surface area contributed by atoms with Gasteiger partial charge in [-0.2, -0.15) is 0 Å². The van der Waals surface area contributed by atoms with Crippen molar-refractivity contribution in [2.24, 2.45) is 10.9 Å². The van der Waals surface area contributed by atoms with Crippen molar-refractivity contribution in [2.75, 3.05) is 0 Å². The molecule has 0 radical (unpaired) electrons. The Labute approximate surface area is 152 Å². The number of hydrogen-bond acceptors (Lipinski definition) is 4. The molecule has 0 bridgehead atoms. The number of carbonyl (C=O) groups is 2. The molecule has 0 saturated carbocycles. The van der Waals surface area contributed by atoms with Gasteiger partial charge in [-0.05, 0) is 47.4 Å². The second-order valence-corrected chi connectivity index (χ2v) is 6.04. The third kappa shape index (κ3) is 6.02. The normalized spacial score (nSPS) is 12.6. The number of carboxylic acids is 1. The van der Waals surface area contributed by atoms with E-state index in [2.05, 4.69) is 4.99 Å². The molecule has 2 aromatic rings. The fourth-order valence-electron chi connectivity index (χ4n) is 2.19. The molecule has 1 N–H and O–H groups in total. The smallest absolute Gasteiger partial charge is 0.336 e. The van der Waals surface area contributed by atoms with Crippen molar-refractivity contribution >= 4 is 24.2 Å². The minimum Gasteiger partial charge on any atom is -0.480 e. The molecule has 2 aromatic carbocycles. The van der Waals surface area contributed by atoms with Crippen LogP contribution in [0, 0.1) is 5.92 Å². The highest BCUT2D eigenvalue weighted by molar-refractivity contribution is 5.89. The lowest BCUT2D eigenvalue weighted by Gasteiger charge is -2.10. The van der Waals surface area contributed by atoms with Crippen LogP contribution in [0.15, 0.2) is 65.7 Å². The lowest BCUT2D eigenvalue weighted by atomic mass is 10.1. The molecule has 0 heterocycles. The van der Waals surface area contributed by atoms with E-state index in [1.54, 1.807) is 30.3 Å². The fraction of sp³-hybridized carbons (Fsp3) is 0.190. The van der Waals surface area contributed by atoms with Crippen molar-refractivity contribution in [1.29, 1.82) is 0 Å². The number of hydrogen-bond donors (Lipinski definition) is 1. The van der Waals surface area contributed by atoms with E-state index in [4.69, 9.17) is 9.84 Å². The first-order valence-electron chi connectivity index (χ1n) is 8.26. The SMILES string of the molecule is CC(C)C(/N=C/c1ccc(OC(=O)/C=C/c2ccccc2)cc1)C(=O)O. The number of benzene rings is 2. The minimum atomic E-state index is -0.952. The van der Waals surface area contributed by atoms with E-state index in [-0.39, 0.29) is 5.92 Å². The van der Waals surface area contributed by atoms with Crippen LogP contribution < -0.4 is 4.74 Å². The minimum absolute atomic E-state index is 0.0969. The number of carboxylic acid groups (broad SMARTS) is 1. The Morgan fingerprint density at radius 1 is 1.00 bits per heavy atom. The summed E-state index contributed by atoms with van der Waals surface area (Å²) in [4.78, 5) is 27.1. The van der Waals surface area contributed by atoms with Gasteiger partial charge in [-0.25, -0.2) is 9.59 Å². The van der Waals surface area contributed by atoms with E-state index in [1.165, 1.54) is 12.3 Å². The van der Waals surface area contributed by atoms with Crippen molar-refractivity contribution in [3.63, 3.8) is 0 Å².